The maximum atomic E-state index is 13.1. The predicted molar refractivity (Wildman–Crippen MR) is 90.2 cm³/mol. The fourth-order valence-corrected chi connectivity index (χ4v) is 4.40. The van der Waals surface area contributed by atoms with Gasteiger partial charge in [-0.25, -0.2) is 0 Å². The quantitative estimate of drug-likeness (QED) is 0.634. The van der Waals surface area contributed by atoms with E-state index in [9.17, 15) is 14.2 Å². The van der Waals surface area contributed by atoms with Crippen molar-refractivity contribution < 1.29 is 14.2 Å². The van der Waals surface area contributed by atoms with Gasteiger partial charge in [-0.1, -0.05) is 36.4 Å². The smallest absolute Gasteiger partial charge is 0.240 e. The first kappa shape index (κ1) is 16.4. The Labute approximate surface area is 130 Å². The van der Waals surface area contributed by atoms with Gasteiger partial charge in [-0.2, -0.15) is 0 Å². The third-order valence-corrected chi connectivity index (χ3v) is 6.35. The van der Waals surface area contributed by atoms with Crippen molar-refractivity contribution in [3.05, 3.63) is 64.2 Å². The van der Waals surface area contributed by atoms with Crippen molar-refractivity contribution in [1.82, 2.24) is 0 Å². The molecule has 0 fully saturated rings. The van der Waals surface area contributed by atoms with Crippen LogP contribution in [0.4, 0.5) is 0 Å². The maximum absolute atomic E-state index is 13.1. The van der Waals surface area contributed by atoms with E-state index in [-0.39, 0.29) is 5.30 Å². The molecule has 0 N–H and O–H groups in total. The van der Waals surface area contributed by atoms with Crippen molar-refractivity contribution in [1.29, 1.82) is 0 Å². The second-order valence-corrected chi connectivity index (χ2v) is 7.99. The zero-order chi connectivity index (χ0) is 16.5. The van der Waals surface area contributed by atoms with Crippen LogP contribution in [0.1, 0.15) is 32.6 Å². The van der Waals surface area contributed by atoms with E-state index in [1.165, 1.54) is 0 Å². The third-order valence-electron chi connectivity index (χ3n) is 4.16. The van der Waals surface area contributed by atoms with Gasteiger partial charge < -0.3 is 4.57 Å². The maximum Gasteiger partial charge on any atom is 0.240 e. The van der Waals surface area contributed by atoms with Gasteiger partial charge in [0.25, 0.3) is 0 Å². The van der Waals surface area contributed by atoms with E-state index in [2.05, 4.69) is 0 Å². The minimum atomic E-state index is -3.77. The molecule has 0 spiro atoms. The normalized spacial score (nSPS) is 13.5. The highest BCUT2D eigenvalue weighted by atomic mass is 31.2. The van der Waals surface area contributed by atoms with Gasteiger partial charge in [0.1, 0.15) is 0 Å². The Morgan fingerprint density at radius 2 is 1.55 bits per heavy atom. The summed E-state index contributed by atoms with van der Waals surface area (Å²) in [5.41, 5.74) is 3.44. The number of hydrogen-bond donors (Lipinski definition) is 0. The SMILES string of the molecule is Cc1cc(C)c(C(=O)P(=O)(C=O)c2ccccc2)c(C)c1C. The van der Waals surface area contributed by atoms with Gasteiger partial charge in [0, 0.05) is 10.9 Å². The standard InChI is InChI=1S/C18H19O3P/c1-12-10-13(2)17(15(4)14(12)3)18(20)22(21,11-19)16-8-6-5-7-9-16/h5-11H,1-4H3. The van der Waals surface area contributed by atoms with Crippen LogP contribution >= 0.6 is 7.14 Å². The number of aryl methyl sites for hydroxylation is 2. The molecule has 0 radical (unpaired) electrons. The molecule has 0 saturated heterocycles. The van der Waals surface area contributed by atoms with E-state index in [1.54, 1.807) is 30.3 Å². The highest BCUT2D eigenvalue weighted by Gasteiger charge is 2.36. The van der Waals surface area contributed by atoms with Crippen molar-refractivity contribution in [3.63, 3.8) is 0 Å². The average Bonchev–Trinajstić information content (AvgIpc) is 2.52. The molecule has 0 saturated carbocycles. The third kappa shape index (κ3) is 2.57. The Morgan fingerprint density at radius 3 is 2.09 bits per heavy atom. The topological polar surface area (TPSA) is 51.2 Å². The summed E-state index contributed by atoms with van der Waals surface area (Å²) in [5.74, 6) is 0. The Kier molecular flexibility index (Phi) is 4.48. The molecule has 114 valence electrons. The van der Waals surface area contributed by atoms with Gasteiger partial charge in [-0.3, -0.25) is 9.59 Å². The van der Waals surface area contributed by atoms with E-state index >= 15 is 0 Å². The summed E-state index contributed by atoms with van der Waals surface area (Å²) in [5, 5.41) is 0.284. The van der Waals surface area contributed by atoms with E-state index in [0.29, 0.717) is 11.6 Å². The molecule has 2 aromatic carbocycles. The number of benzene rings is 2. The summed E-state index contributed by atoms with van der Waals surface area (Å²) < 4.78 is 13.1. The fraction of sp³-hybridized carbons (Fsp3) is 0.222. The Balaban J connectivity index is 2.68. The first-order valence-corrected chi connectivity index (χ1v) is 8.84. The molecule has 22 heavy (non-hydrogen) atoms. The summed E-state index contributed by atoms with van der Waals surface area (Å²) in [6.07, 6.45) is 0. The van der Waals surface area contributed by atoms with Crippen LogP contribution in [-0.2, 0) is 9.36 Å². The van der Waals surface area contributed by atoms with E-state index in [0.717, 1.165) is 22.3 Å². The number of rotatable bonds is 4. The number of carbonyl (C=O) groups excluding carboxylic acids is 2. The van der Waals surface area contributed by atoms with Gasteiger partial charge in [0.2, 0.25) is 12.7 Å². The second-order valence-electron chi connectivity index (χ2n) is 5.54. The highest BCUT2D eigenvalue weighted by molar-refractivity contribution is 7.98. The lowest BCUT2D eigenvalue weighted by Gasteiger charge is -2.17. The first-order valence-electron chi connectivity index (χ1n) is 7.07. The monoisotopic (exact) mass is 314 g/mol. The van der Waals surface area contributed by atoms with Crippen molar-refractivity contribution in [2.45, 2.75) is 27.7 Å². The Hall–Kier alpha value is -1.99. The minimum Gasteiger partial charge on any atom is -0.302 e. The molecule has 0 aliphatic rings. The van der Waals surface area contributed by atoms with Crippen molar-refractivity contribution in [2.24, 2.45) is 0 Å². The van der Waals surface area contributed by atoms with Gasteiger partial charge >= 0.3 is 0 Å². The lowest BCUT2D eigenvalue weighted by atomic mass is 9.95. The number of carbonyl (C=O) groups is 2. The van der Waals surface area contributed by atoms with Crippen LogP contribution in [0.2, 0.25) is 0 Å². The Bertz CT molecular complexity index is 792. The molecule has 0 aliphatic carbocycles. The van der Waals surface area contributed by atoms with Crippen LogP contribution in [0.3, 0.4) is 0 Å². The summed E-state index contributed by atoms with van der Waals surface area (Å²) in [7, 11) is -3.77. The summed E-state index contributed by atoms with van der Waals surface area (Å²) >= 11 is 0. The lowest BCUT2D eigenvalue weighted by molar-refractivity contribution is 0.107. The van der Waals surface area contributed by atoms with Crippen LogP contribution in [0.25, 0.3) is 0 Å². The van der Waals surface area contributed by atoms with Gasteiger partial charge in [0.05, 0.1) is 0 Å². The van der Waals surface area contributed by atoms with Crippen LogP contribution in [0.15, 0.2) is 36.4 Å². The van der Waals surface area contributed by atoms with Crippen LogP contribution in [0.5, 0.6) is 0 Å². The fourth-order valence-electron chi connectivity index (χ4n) is 2.65. The molecule has 1 atom stereocenters. The minimum absolute atomic E-state index is 0.284. The van der Waals surface area contributed by atoms with Crippen molar-refractivity contribution >= 4 is 24.0 Å². The molecular weight excluding hydrogens is 295 g/mol. The zero-order valence-electron chi connectivity index (χ0n) is 13.2. The molecule has 0 aromatic heterocycles. The molecule has 0 amide bonds. The van der Waals surface area contributed by atoms with Gasteiger partial charge in [0.15, 0.2) is 6.03 Å². The van der Waals surface area contributed by atoms with E-state index in [4.69, 9.17) is 0 Å². The predicted octanol–water partition coefficient (Wildman–Crippen LogP) is 3.94. The molecule has 0 bridgehead atoms. The highest BCUT2D eigenvalue weighted by Crippen LogP contribution is 2.46. The molecular formula is C18H19O3P. The van der Waals surface area contributed by atoms with Crippen LogP contribution in [-0.4, -0.2) is 11.6 Å². The molecule has 2 rings (SSSR count). The number of hydrogen-bond acceptors (Lipinski definition) is 3. The molecule has 2 aromatic rings. The van der Waals surface area contributed by atoms with Crippen molar-refractivity contribution in [2.75, 3.05) is 0 Å². The lowest BCUT2D eigenvalue weighted by Crippen LogP contribution is -2.16. The molecule has 0 heterocycles. The summed E-state index contributed by atoms with van der Waals surface area (Å²) in [6, 6.07) is 10.5. The molecule has 4 heteroatoms. The van der Waals surface area contributed by atoms with Crippen LogP contribution in [0, 0.1) is 27.7 Å². The van der Waals surface area contributed by atoms with Crippen molar-refractivity contribution in [3.8, 4) is 0 Å². The van der Waals surface area contributed by atoms with E-state index < -0.39 is 12.7 Å². The molecule has 0 aliphatic heterocycles. The first-order chi connectivity index (χ1) is 10.3. The second kappa shape index (κ2) is 6.02. The van der Waals surface area contributed by atoms with E-state index in [1.807, 2.05) is 33.8 Å². The largest absolute Gasteiger partial charge is 0.302 e. The summed E-state index contributed by atoms with van der Waals surface area (Å²) in [4.78, 5) is 24.4. The average molecular weight is 314 g/mol. The molecule has 3 nitrogen and oxygen atoms in total. The summed E-state index contributed by atoms with van der Waals surface area (Å²) in [6.45, 7) is 7.55. The Morgan fingerprint density at radius 1 is 0.955 bits per heavy atom. The van der Waals surface area contributed by atoms with Crippen LogP contribution < -0.4 is 5.30 Å². The zero-order valence-corrected chi connectivity index (χ0v) is 14.1. The van der Waals surface area contributed by atoms with Gasteiger partial charge in [-0.15, -0.1) is 0 Å². The van der Waals surface area contributed by atoms with Gasteiger partial charge in [-0.05, 0) is 49.9 Å². The molecule has 1 unspecified atom stereocenters.